The molecule has 100 valence electrons. The van der Waals surface area contributed by atoms with Crippen molar-refractivity contribution in [2.45, 2.75) is 23.7 Å². The summed E-state index contributed by atoms with van der Waals surface area (Å²) in [5.74, 6) is 0.260. The molecule has 0 heterocycles. The highest BCUT2D eigenvalue weighted by Gasteiger charge is 2.13. The van der Waals surface area contributed by atoms with E-state index in [1.807, 2.05) is 24.3 Å². The van der Waals surface area contributed by atoms with Crippen LogP contribution in [0.4, 0.5) is 4.39 Å². The third-order valence-electron chi connectivity index (χ3n) is 2.78. The summed E-state index contributed by atoms with van der Waals surface area (Å²) in [7, 11) is 0. The maximum absolute atomic E-state index is 13.8. The topological polar surface area (TPSA) is 20.2 Å². The Bertz CT molecular complexity index is 572. The fraction of sp³-hybridized carbons (Fsp3) is 0.200. The molecular formula is C15H14ClFOS. The molecule has 0 aliphatic rings. The maximum Gasteiger partial charge on any atom is 0.137 e. The predicted octanol–water partition coefficient (Wildman–Crippen LogP) is 4.82. The van der Waals surface area contributed by atoms with E-state index in [-0.39, 0.29) is 5.82 Å². The molecule has 0 radical (unpaired) electrons. The van der Waals surface area contributed by atoms with E-state index in [0.717, 1.165) is 5.56 Å². The van der Waals surface area contributed by atoms with Gasteiger partial charge in [-0.05, 0) is 30.2 Å². The molecule has 0 saturated heterocycles. The summed E-state index contributed by atoms with van der Waals surface area (Å²) in [5.41, 5.74) is 1.56. The number of benzene rings is 2. The van der Waals surface area contributed by atoms with Gasteiger partial charge in [0.2, 0.25) is 0 Å². The van der Waals surface area contributed by atoms with Crippen molar-refractivity contribution >= 4 is 23.4 Å². The molecule has 0 saturated carbocycles. The van der Waals surface area contributed by atoms with E-state index in [0.29, 0.717) is 21.2 Å². The molecule has 1 N–H and O–H groups in total. The van der Waals surface area contributed by atoms with Crippen LogP contribution in [0.15, 0.2) is 47.4 Å². The van der Waals surface area contributed by atoms with Crippen LogP contribution in [0, 0.1) is 5.82 Å². The summed E-state index contributed by atoms with van der Waals surface area (Å²) in [6.07, 6.45) is -0.690. The number of aliphatic hydroxyl groups is 1. The molecule has 0 bridgehead atoms. The van der Waals surface area contributed by atoms with Crippen molar-refractivity contribution in [2.24, 2.45) is 0 Å². The third kappa shape index (κ3) is 3.50. The van der Waals surface area contributed by atoms with E-state index >= 15 is 0 Å². The van der Waals surface area contributed by atoms with Gasteiger partial charge in [0, 0.05) is 15.7 Å². The molecule has 19 heavy (non-hydrogen) atoms. The summed E-state index contributed by atoms with van der Waals surface area (Å²) in [6.45, 7) is 1.63. The third-order valence-corrected chi connectivity index (χ3v) is 4.32. The molecule has 0 spiro atoms. The SMILES string of the molecule is C[C@H](O)c1cccc(F)c1SCc1ccccc1Cl. The first-order valence-electron chi connectivity index (χ1n) is 5.92. The van der Waals surface area contributed by atoms with Crippen molar-refractivity contribution in [2.75, 3.05) is 0 Å². The first kappa shape index (κ1) is 14.4. The fourth-order valence-electron chi connectivity index (χ4n) is 1.77. The quantitative estimate of drug-likeness (QED) is 0.816. The first-order chi connectivity index (χ1) is 9.09. The van der Waals surface area contributed by atoms with E-state index in [2.05, 4.69) is 0 Å². The summed E-state index contributed by atoms with van der Waals surface area (Å²) in [5, 5.41) is 10.3. The number of aliphatic hydroxyl groups excluding tert-OH is 1. The maximum atomic E-state index is 13.8. The lowest BCUT2D eigenvalue weighted by molar-refractivity contribution is 0.195. The molecular weight excluding hydrogens is 283 g/mol. The lowest BCUT2D eigenvalue weighted by Crippen LogP contribution is -1.97. The van der Waals surface area contributed by atoms with Gasteiger partial charge in [0.1, 0.15) is 5.82 Å². The summed E-state index contributed by atoms with van der Waals surface area (Å²) >= 11 is 7.43. The molecule has 4 heteroatoms. The van der Waals surface area contributed by atoms with E-state index in [4.69, 9.17) is 11.6 Å². The smallest absolute Gasteiger partial charge is 0.137 e. The number of rotatable bonds is 4. The second-order valence-corrected chi connectivity index (χ2v) is 5.61. The second-order valence-electron chi connectivity index (χ2n) is 4.21. The van der Waals surface area contributed by atoms with Gasteiger partial charge in [-0.15, -0.1) is 11.8 Å². The molecule has 0 aliphatic heterocycles. The van der Waals surface area contributed by atoms with Crippen LogP contribution in [0.25, 0.3) is 0 Å². The molecule has 0 unspecified atom stereocenters. The van der Waals surface area contributed by atoms with E-state index in [1.165, 1.54) is 17.8 Å². The second kappa shape index (κ2) is 6.42. The van der Waals surface area contributed by atoms with Crippen molar-refractivity contribution in [1.82, 2.24) is 0 Å². The summed E-state index contributed by atoms with van der Waals surface area (Å²) in [6, 6.07) is 12.2. The van der Waals surface area contributed by atoms with Crippen molar-refractivity contribution < 1.29 is 9.50 Å². The number of thioether (sulfide) groups is 1. The zero-order valence-electron chi connectivity index (χ0n) is 10.4. The van der Waals surface area contributed by atoms with Gasteiger partial charge >= 0.3 is 0 Å². The van der Waals surface area contributed by atoms with Crippen LogP contribution >= 0.6 is 23.4 Å². The Hall–Kier alpha value is -1.03. The van der Waals surface area contributed by atoms with Gasteiger partial charge in [-0.1, -0.05) is 41.9 Å². The minimum Gasteiger partial charge on any atom is -0.389 e. The average molecular weight is 297 g/mol. The Morgan fingerprint density at radius 3 is 2.63 bits per heavy atom. The van der Waals surface area contributed by atoms with Crippen LogP contribution in [0.2, 0.25) is 5.02 Å². The average Bonchev–Trinajstić information content (AvgIpc) is 2.38. The molecule has 2 rings (SSSR count). The largest absolute Gasteiger partial charge is 0.389 e. The number of hydrogen-bond acceptors (Lipinski definition) is 2. The Labute approximate surface area is 121 Å². The fourth-order valence-corrected chi connectivity index (χ4v) is 3.22. The lowest BCUT2D eigenvalue weighted by atomic mass is 10.1. The van der Waals surface area contributed by atoms with Crippen molar-refractivity contribution in [3.05, 3.63) is 64.4 Å². The summed E-state index contributed by atoms with van der Waals surface area (Å²) < 4.78 is 13.8. The highest BCUT2D eigenvalue weighted by Crippen LogP contribution is 2.33. The minimum atomic E-state index is -0.690. The normalized spacial score (nSPS) is 12.4. The van der Waals surface area contributed by atoms with Gasteiger partial charge in [0.25, 0.3) is 0 Å². The number of hydrogen-bond donors (Lipinski definition) is 1. The molecule has 2 aromatic rings. The molecule has 0 amide bonds. The monoisotopic (exact) mass is 296 g/mol. The first-order valence-corrected chi connectivity index (χ1v) is 7.28. The minimum absolute atomic E-state index is 0.310. The van der Waals surface area contributed by atoms with Gasteiger partial charge in [-0.25, -0.2) is 4.39 Å². The molecule has 0 fully saturated rings. The Kier molecular flexibility index (Phi) is 4.86. The highest BCUT2D eigenvalue weighted by molar-refractivity contribution is 7.98. The standard InChI is InChI=1S/C15H14ClFOS/c1-10(18)12-6-4-8-14(17)15(12)19-9-11-5-2-3-7-13(11)16/h2-8,10,18H,9H2,1H3/t10-/m0/s1. The van der Waals surface area contributed by atoms with Gasteiger partial charge in [-0.2, -0.15) is 0 Å². The van der Waals surface area contributed by atoms with Crippen LogP contribution in [-0.2, 0) is 5.75 Å². The van der Waals surface area contributed by atoms with Crippen LogP contribution in [0.5, 0.6) is 0 Å². The molecule has 1 nitrogen and oxygen atoms in total. The van der Waals surface area contributed by atoms with Crippen molar-refractivity contribution in [1.29, 1.82) is 0 Å². The summed E-state index contributed by atoms with van der Waals surface area (Å²) in [4.78, 5) is 0.484. The van der Waals surface area contributed by atoms with E-state index in [9.17, 15) is 9.50 Å². The highest BCUT2D eigenvalue weighted by atomic mass is 35.5. The van der Waals surface area contributed by atoms with Crippen LogP contribution in [0.1, 0.15) is 24.2 Å². The molecule has 0 aliphatic carbocycles. The zero-order valence-corrected chi connectivity index (χ0v) is 12.0. The Balaban J connectivity index is 2.22. The van der Waals surface area contributed by atoms with Crippen LogP contribution in [-0.4, -0.2) is 5.11 Å². The Morgan fingerprint density at radius 1 is 1.21 bits per heavy atom. The van der Waals surface area contributed by atoms with E-state index < -0.39 is 6.10 Å². The van der Waals surface area contributed by atoms with E-state index in [1.54, 1.807) is 19.1 Å². The van der Waals surface area contributed by atoms with Crippen LogP contribution in [0.3, 0.4) is 0 Å². The van der Waals surface area contributed by atoms with Crippen LogP contribution < -0.4 is 0 Å². The van der Waals surface area contributed by atoms with Gasteiger partial charge < -0.3 is 5.11 Å². The van der Waals surface area contributed by atoms with Gasteiger partial charge in [0.05, 0.1) is 6.10 Å². The zero-order chi connectivity index (χ0) is 13.8. The lowest BCUT2D eigenvalue weighted by Gasteiger charge is -2.12. The number of halogens is 2. The molecule has 1 atom stereocenters. The van der Waals surface area contributed by atoms with Crippen molar-refractivity contribution in [3.8, 4) is 0 Å². The van der Waals surface area contributed by atoms with Gasteiger partial charge in [0.15, 0.2) is 0 Å². The van der Waals surface area contributed by atoms with Gasteiger partial charge in [-0.3, -0.25) is 0 Å². The van der Waals surface area contributed by atoms with Crippen molar-refractivity contribution in [3.63, 3.8) is 0 Å². The Morgan fingerprint density at radius 2 is 1.95 bits per heavy atom. The predicted molar refractivity (Wildman–Crippen MR) is 78.0 cm³/mol. The molecule has 0 aromatic heterocycles. The molecule has 2 aromatic carbocycles.